The second-order valence-corrected chi connectivity index (χ2v) is 8.47. The van der Waals surface area contributed by atoms with Gasteiger partial charge in [-0.3, -0.25) is 24.6 Å². The zero-order valence-corrected chi connectivity index (χ0v) is 18.0. The number of nitro groups is 1. The number of non-ortho nitro benzene ring substituents is 1. The molecule has 0 aliphatic carbocycles. The number of carbonyl (C=O) groups excluding carboxylic acids is 2. The summed E-state index contributed by atoms with van der Waals surface area (Å²) in [5.41, 5.74) is 2.65. The molecule has 2 heterocycles. The number of thiophene rings is 1. The summed E-state index contributed by atoms with van der Waals surface area (Å²) < 4.78 is 0. The van der Waals surface area contributed by atoms with E-state index in [1.165, 1.54) is 35.4 Å². The summed E-state index contributed by atoms with van der Waals surface area (Å²) in [6.45, 7) is 1.91. The largest absolute Gasteiger partial charge is 0.346 e. The fourth-order valence-corrected chi connectivity index (χ4v) is 4.69. The van der Waals surface area contributed by atoms with Crippen LogP contribution in [0.25, 0.3) is 0 Å². The van der Waals surface area contributed by atoms with Gasteiger partial charge in [0.05, 0.1) is 11.0 Å². The van der Waals surface area contributed by atoms with E-state index in [1.807, 2.05) is 29.6 Å². The maximum Gasteiger partial charge on any atom is 0.313 e. The molecule has 32 heavy (non-hydrogen) atoms. The van der Waals surface area contributed by atoms with Gasteiger partial charge in [-0.25, -0.2) is 0 Å². The third kappa shape index (κ3) is 5.01. The van der Waals surface area contributed by atoms with Crippen LogP contribution in [0.1, 0.15) is 22.0 Å². The van der Waals surface area contributed by atoms with Crippen LogP contribution < -0.4 is 10.6 Å². The summed E-state index contributed by atoms with van der Waals surface area (Å²) in [5.74, 6) is -1.64. The summed E-state index contributed by atoms with van der Waals surface area (Å²) in [4.78, 5) is 38.5. The normalized spacial score (nSPS) is 14.2. The van der Waals surface area contributed by atoms with Crippen LogP contribution in [-0.2, 0) is 22.6 Å². The molecule has 0 saturated heterocycles. The monoisotopic (exact) mass is 450 g/mol. The van der Waals surface area contributed by atoms with Crippen molar-refractivity contribution >= 4 is 34.5 Å². The Labute approximate surface area is 189 Å². The van der Waals surface area contributed by atoms with Crippen molar-refractivity contribution < 1.29 is 14.5 Å². The molecular weight excluding hydrogens is 428 g/mol. The average molecular weight is 451 g/mol. The summed E-state index contributed by atoms with van der Waals surface area (Å²) in [7, 11) is 0. The lowest BCUT2D eigenvalue weighted by Gasteiger charge is -2.35. The molecule has 0 saturated carbocycles. The first kappa shape index (κ1) is 21.7. The lowest BCUT2D eigenvalue weighted by Crippen LogP contribution is -2.43. The Balaban J connectivity index is 1.41. The minimum absolute atomic E-state index is 0.0575. The highest BCUT2D eigenvalue weighted by Crippen LogP contribution is 2.30. The number of benzene rings is 2. The molecule has 1 aliphatic heterocycles. The first-order valence-electron chi connectivity index (χ1n) is 10.2. The van der Waals surface area contributed by atoms with Gasteiger partial charge in [-0.15, -0.1) is 11.3 Å². The van der Waals surface area contributed by atoms with Gasteiger partial charge >= 0.3 is 11.8 Å². The highest BCUT2D eigenvalue weighted by Gasteiger charge is 2.27. The number of fused-ring (bicyclic) bond motifs is 1. The molecule has 0 radical (unpaired) electrons. The third-order valence-electron chi connectivity index (χ3n) is 5.45. The van der Waals surface area contributed by atoms with E-state index in [0.717, 1.165) is 24.4 Å². The lowest BCUT2D eigenvalue weighted by molar-refractivity contribution is -0.384. The predicted octanol–water partition coefficient (Wildman–Crippen LogP) is 3.51. The quantitative estimate of drug-likeness (QED) is 0.340. The Bertz CT molecular complexity index is 1130. The Morgan fingerprint density at radius 2 is 1.88 bits per heavy atom. The Hall–Kier alpha value is -3.56. The standard InChI is InChI=1S/C23H22N4O4S/c28-22(23(29)25-18-7-3-8-19(13-18)27(30)31)24-14-20(21-9-4-12-32-21)26-11-10-16-5-1-2-6-17(16)15-26/h1-9,12-13,20H,10-11,14-15H2,(H,24,28)(H,25,29)/t20-/m0/s1. The van der Waals surface area contributed by atoms with Gasteiger partial charge in [-0.2, -0.15) is 0 Å². The third-order valence-corrected chi connectivity index (χ3v) is 6.42. The number of rotatable bonds is 6. The van der Waals surface area contributed by atoms with Gasteiger partial charge in [0.2, 0.25) is 0 Å². The first-order valence-corrected chi connectivity index (χ1v) is 11.1. The van der Waals surface area contributed by atoms with Crippen LogP contribution in [0.5, 0.6) is 0 Å². The summed E-state index contributed by atoms with van der Waals surface area (Å²) in [5, 5.41) is 18.0. The van der Waals surface area contributed by atoms with Gasteiger partial charge in [0.25, 0.3) is 5.69 Å². The Morgan fingerprint density at radius 3 is 2.62 bits per heavy atom. The van der Waals surface area contributed by atoms with Gasteiger partial charge in [0, 0.05) is 42.3 Å². The molecule has 8 nitrogen and oxygen atoms in total. The van der Waals surface area contributed by atoms with Crippen molar-refractivity contribution in [3.63, 3.8) is 0 Å². The fourth-order valence-electron chi connectivity index (χ4n) is 3.83. The molecule has 3 aromatic rings. The predicted molar refractivity (Wildman–Crippen MR) is 122 cm³/mol. The molecule has 2 amide bonds. The van der Waals surface area contributed by atoms with Crippen LogP contribution in [-0.4, -0.2) is 34.7 Å². The topological polar surface area (TPSA) is 105 Å². The number of carbonyl (C=O) groups is 2. The van der Waals surface area contributed by atoms with Gasteiger partial charge in [-0.05, 0) is 35.1 Å². The maximum absolute atomic E-state index is 12.4. The van der Waals surface area contributed by atoms with Crippen LogP contribution >= 0.6 is 11.3 Å². The highest BCUT2D eigenvalue weighted by atomic mass is 32.1. The summed E-state index contributed by atoms with van der Waals surface area (Å²) in [6.07, 6.45) is 0.930. The molecule has 1 aliphatic rings. The highest BCUT2D eigenvalue weighted by molar-refractivity contribution is 7.10. The second-order valence-electron chi connectivity index (χ2n) is 7.49. The smallest absolute Gasteiger partial charge is 0.313 e. The number of hydrogen-bond donors (Lipinski definition) is 2. The second kappa shape index (κ2) is 9.71. The molecule has 0 spiro atoms. The van der Waals surface area contributed by atoms with Crippen LogP contribution in [0.2, 0.25) is 0 Å². The van der Waals surface area contributed by atoms with Crippen LogP contribution in [0.4, 0.5) is 11.4 Å². The van der Waals surface area contributed by atoms with Gasteiger partial charge in [0.1, 0.15) is 0 Å². The van der Waals surface area contributed by atoms with Crippen molar-refractivity contribution in [2.75, 3.05) is 18.4 Å². The van der Waals surface area contributed by atoms with Crippen LogP contribution in [0, 0.1) is 10.1 Å². The number of nitrogens with one attached hydrogen (secondary N) is 2. The molecule has 1 atom stereocenters. The first-order chi connectivity index (χ1) is 15.5. The number of amides is 2. The van der Waals surface area contributed by atoms with E-state index >= 15 is 0 Å². The van der Waals surface area contributed by atoms with E-state index in [9.17, 15) is 19.7 Å². The lowest BCUT2D eigenvalue weighted by atomic mass is 9.98. The molecule has 164 valence electrons. The molecule has 0 bridgehead atoms. The molecular formula is C23H22N4O4S. The number of nitrogens with zero attached hydrogens (tertiary/aromatic N) is 2. The molecule has 0 fully saturated rings. The minimum Gasteiger partial charge on any atom is -0.346 e. The molecule has 1 aromatic heterocycles. The van der Waals surface area contributed by atoms with Crippen LogP contribution in [0.3, 0.4) is 0 Å². The average Bonchev–Trinajstić information content (AvgIpc) is 3.33. The number of nitro benzene ring substituents is 1. The zero-order valence-electron chi connectivity index (χ0n) is 17.2. The molecule has 2 aromatic carbocycles. The van der Waals surface area contributed by atoms with Crippen molar-refractivity contribution in [3.8, 4) is 0 Å². The summed E-state index contributed by atoms with van der Waals surface area (Å²) in [6, 6.07) is 17.8. The molecule has 0 unspecified atom stereocenters. The number of anilines is 1. The van der Waals surface area contributed by atoms with E-state index in [2.05, 4.69) is 27.7 Å². The Morgan fingerprint density at radius 1 is 1.06 bits per heavy atom. The van der Waals surface area contributed by atoms with Crippen molar-refractivity contribution in [2.45, 2.75) is 19.0 Å². The van der Waals surface area contributed by atoms with Crippen molar-refractivity contribution in [1.82, 2.24) is 10.2 Å². The van der Waals surface area contributed by atoms with E-state index < -0.39 is 16.7 Å². The molecule has 2 N–H and O–H groups in total. The van der Waals surface area contributed by atoms with E-state index in [4.69, 9.17) is 0 Å². The fraction of sp³-hybridized carbons (Fsp3) is 0.217. The SMILES string of the molecule is O=C(NC[C@@H](c1cccs1)N1CCc2ccccc2C1)C(=O)Nc1cccc([N+](=O)[O-])c1. The minimum atomic E-state index is -0.862. The maximum atomic E-state index is 12.4. The van der Waals surface area contributed by atoms with Gasteiger partial charge in [-0.1, -0.05) is 36.4 Å². The van der Waals surface area contributed by atoms with E-state index in [0.29, 0.717) is 0 Å². The van der Waals surface area contributed by atoms with Crippen molar-refractivity contribution in [2.24, 2.45) is 0 Å². The Kier molecular flexibility index (Phi) is 6.58. The van der Waals surface area contributed by atoms with E-state index in [-0.39, 0.29) is 24.0 Å². The number of hydrogen-bond acceptors (Lipinski definition) is 6. The van der Waals surface area contributed by atoms with Crippen LogP contribution in [0.15, 0.2) is 66.0 Å². The van der Waals surface area contributed by atoms with Crippen molar-refractivity contribution in [1.29, 1.82) is 0 Å². The van der Waals surface area contributed by atoms with Gasteiger partial charge in [0.15, 0.2) is 0 Å². The molecule has 9 heteroatoms. The van der Waals surface area contributed by atoms with E-state index in [1.54, 1.807) is 11.3 Å². The molecule has 4 rings (SSSR count). The summed E-state index contributed by atoms with van der Waals surface area (Å²) >= 11 is 1.62. The zero-order chi connectivity index (χ0) is 22.5. The van der Waals surface area contributed by atoms with Crippen molar-refractivity contribution in [3.05, 3.63) is 92.2 Å². The van der Waals surface area contributed by atoms with Gasteiger partial charge < -0.3 is 10.6 Å².